The van der Waals surface area contributed by atoms with E-state index in [0.717, 1.165) is 36.1 Å². The van der Waals surface area contributed by atoms with Crippen LogP contribution in [0.25, 0.3) is 22.3 Å². The lowest BCUT2D eigenvalue weighted by Gasteiger charge is -2.20. The molecule has 0 radical (unpaired) electrons. The molecular formula is C32H25F7O. The molecule has 1 aliphatic carbocycles. The van der Waals surface area contributed by atoms with Crippen molar-refractivity contribution in [1.82, 2.24) is 0 Å². The Morgan fingerprint density at radius 2 is 1.23 bits per heavy atom. The molecule has 0 fully saturated rings. The number of halogens is 7. The Labute approximate surface area is 227 Å². The normalized spacial score (nSPS) is 14.8. The van der Waals surface area contributed by atoms with Gasteiger partial charge in [0.25, 0.3) is 0 Å². The molecule has 0 spiro atoms. The lowest BCUT2D eigenvalue weighted by Crippen LogP contribution is -2.25. The third kappa shape index (κ3) is 5.58. The number of ether oxygens (including phenoxy) is 1. The van der Waals surface area contributed by atoms with Crippen molar-refractivity contribution in [2.45, 2.75) is 45.1 Å². The first kappa shape index (κ1) is 27.7. The van der Waals surface area contributed by atoms with E-state index in [9.17, 15) is 30.7 Å². The van der Waals surface area contributed by atoms with E-state index in [0.29, 0.717) is 11.5 Å². The van der Waals surface area contributed by atoms with Crippen molar-refractivity contribution < 1.29 is 35.5 Å². The lowest BCUT2D eigenvalue weighted by molar-refractivity contribution is -0.189. The highest BCUT2D eigenvalue weighted by molar-refractivity contribution is 5.71. The second-order valence-electron chi connectivity index (χ2n) is 10.1. The monoisotopic (exact) mass is 558 g/mol. The standard InChI is InChI=1S/C32H25F7O/c1-2-3-4-18-11-21-9-10-22(13-23(21)12-18)19-5-7-20(8-6-19)24-14-26(33)30(27(34)15-24)32(38,39)40-25-16-28(35)31(37)29(36)17-25/h5-10,13-18H,2-4,11-12H2,1H3. The molecular weight excluding hydrogens is 533 g/mol. The molecule has 0 aliphatic heterocycles. The van der Waals surface area contributed by atoms with Crippen molar-refractivity contribution >= 4 is 0 Å². The van der Waals surface area contributed by atoms with Gasteiger partial charge in [0.2, 0.25) is 0 Å². The van der Waals surface area contributed by atoms with Gasteiger partial charge < -0.3 is 4.74 Å². The summed E-state index contributed by atoms with van der Waals surface area (Å²) in [6.45, 7) is 2.19. The molecule has 1 atom stereocenters. The van der Waals surface area contributed by atoms with Gasteiger partial charge in [-0.05, 0) is 70.7 Å². The molecule has 0 aromatic heterocycles. The van der Waals surface area contributed by atoms with Gasteiger partial charge in [0, 0.05) is 12.1 Å². The van der Waals surface area contributed by atoms with Crippen molar-refractivity contribution in [3.8, 4) is 28.0 Å². The zero-order valence-electron chi connectivity index (χ0n) is 21.5. The zero-order chi connectivity index (χ0) is 28.6. The Balaban J connectivity index is 1.36. The van der Waals surface area contributed by atoms with Crippen LogP contribution in [0.4, 0.5) is 30.7 Å². The summed E-state index contributed by atoms with van der Waals surface area (Å²) in [5, 5.41) is 0. The van der Waals surface area contributed by atoms with Gasteiger partial charge in [-0.1, -0.05) is 62.2 Å². The van der Waals surface area contributed by atoms with Crippen molar-refractivity contribution in [3.63, 3.8) is 0 Å². The summed E-state index contributed by atoms with van der Waals surface area (Å²) in [6, 6.07) is 15.0. The molecule has 4 aromatic carbocycles. The fourth-order valence-electron chi connectivity index (χ4n) is 5.25. The van der Waals surface area contributed by atoms with Gasteiger partial charge in [-0.2, -0.15) is 8.78 Å². The predicted molar refractivity (Wildman–Crippen MR) is 138 cm³/mol. The Morgan fingerprint density at radius 1 is 0.675 bits per heavy atom. The number of alkyl halides is 2. The fourth-order valence-corrected chi connectivity index (χ4v) is 5.25. The third-order valence-electron chi connectivity index (χ3n) is 7.28. The average Bonchev–Trinajstić information content (AvgIpc) is 3.32. The van der Waals surface area contributed by atoms with Crippen LogP contribution in [0.5, 0.6) is 5.75 Å². The number of hydrogen-bond acceptors (Lipinski definition) is 1. The minimum absolute atomic E-state index is 0.00712. The van der Waals surface area contributed by atoms with Gasteiger partial charge in [0.05, 0.1) is 0 Å². The Kier molecular flexibility index (Phi) is 7.62. The van der Waals surface area contributed by atoms with Crippen molar-refractivity contribution in [1.29, 1.82) is 0 Å². The van der Waals surface area contributed by atoms with E-state index in [1.54, 1.807) is 24.3 Å². The highest BCUT2D eigenvalue weighted by atomic mass is 19.3. The fraction of sp³-hybridized carbons (Fsp3) is 0.250. The van der Waals surface area contributed by atoms with Gasteiger partial charge in [0.1, 0.15) is 22.9 Å². The summed E-state index contributed by atoms with van der Waals surface area (Å²) in [5.41, 5.74) is 3.26. The second-order valence-corrected chi connectivity index (χ2v) is 10.1. The van der Waals surface area contributed by atoms with Crippen LogP contribution in [0.15, 0.2) is 66.7 Å². The number of hydrogen-bond donors (Lipinski definition) is 0. The van der Waals surface area contributed by atoms with Crippen LogP contribution in [0.3, 0.4) is 0 Å². The Morgan fingerprint density at radius 3 is 1.82 bits per heavy atom. The number of rotatable bonds is 8. The molecule has 1 aliphatic rings. The lowest BCUT2D eigenvalue weighted by atomic mass is 9.97. The van der Waals surface area contributed by atoms with E-state index in [-0.39, 0.29) is 17.7 Å². The average molecular weight is 559 g/mol. The van der Waals surface area contributed by atoms with Crippen LogP contribution >= 0.6 is 0 Å². The number of fused-ring (bicyclic) bond motifs is 1. The number of unbranched alkanes of at least 4 members (excludes halogenated alkanes) is 1. The molecule has 0 bridgehead atoms. The van der Waals surface area contributed by atoms with E-state index < -0.39 is 46.5 Å². The maximum absolute atomic E-state index is 14.8. The third-order valence-corrected chi connectivity index (χ3v) is 7.28. The van der Waals surface area contributed by atoms with Crippen molar-refractivity contribution in [3.05, 3.63) is 113 Å². The minimum Gasteiger partial charge on any atom is -0.429 e. The van der Waals surface area contributed by atoms with Crippen LogP contribution in [0, 0.1) is 35.0 Å². The molecule has 4 aromatic rings. The summed E-state index contributed by atoms with van der Waals surface area (Å²) in [4.78, 5) is 0. The highest BCUT2D eigenvalue weighted by Crippen LogP contribution is 2.38. The van der Waals surface area contributed by atoms with Gasteiger partial charge >= 0.3 is 6.11 Å². The predicted octanol–water partition coefficient (Wildman–Crippen LogP) is 9.75. The molecule has 5 rings (SSSR count). The van der Waals surface area contributed by atoms with E-state index in [2.05, 4.69) is 23.8 Å². The first-order chi connectivity index (χ1) is 19.1. The summed E-state index contributed by atoms with van der Waals surface area (Å²) in [5.74, 6) is -9.19. The second kappa shape index (κ2) is 11.0. The quantitative estimate of drug-likeness (QED) is 0.155. The molecule has 0 N–H and O–H groups in total. The van der Waals surface area contributed by atoms with Gasteiger partial charge in [-0.25, -0.2) is 22.0 Å². The summed E-state index contributed by atoms with van der Waals surface area (Å²) >= 11 is 0. The molecule has 8 heteroatoms. The summed E-state index contributed by atoms with van der Waals surface area (Å²) < 4.78 is 103. The molecule has 40 heavy (non-hydrogen) atoms. The van der Waals surface area contributed by atoms with Crippen LogP contribution in [-0.2, 0) is 19.0 Å². The summed E-state index contributed by atoms with van der Waals surface area (Å²) in [6.07, 6.45) is 1.09. The maximum Gasteiger partial charge on any atom is 0.432 e. The van der Waals surface area contributed by atoms with Crippen LogP contribution in [-0.4, -0.2) is 0 Å². The van der Waals surface area contributed by atoms with Crippen molar-refractivity contribution in [2.75, 3.05) is 0 Å². The molecule has 0 saturated heterocycles. The SMILES string of the molecule is CCCCC1Cc2ccc(-c3ccc(-c4cc(F)c(C(F)(F)Oc5cc(F)c(F)c(F)c5)c(F)c4)cc3)cc2C1. The molecule has 1 nitrogen and oxygen atoms in total. The van der Waals surface area contributed by atoms with Crippen molar-refractivity contribution in [2.24, 2.45) is 5.92 Å². The number of benzene rings is 4. The summed E-state index contributed by atoms with van der Waals surface area (Å²) in [7, 11) is 0. The molecule has 0 saturated carbocycles. The van der Waals surface area contributed by atoms with E-state index in [4.69, 9.17) is 0 Å². The minimum atomic E-state index is -4.64. The first-order valence-electron chi connectivity index (χ1n) is 13.0. The first-order valence-corrected chi connectivity index (χ1v) is 13.0. The Hall–Kier alpha value is -3.81. The Bertz CT molecular complexity index is 1500. The topological polar surface area (TPSA) is 9.23 Å². The van der Waals surface area contributed by atoms with Gasteiger partial charge in [-0.15, -0.1) is 0 Å². The zero-order valence-corrected chi connectivity index (χ0v) is 21.5. The van der Waals surface area contributed by atoms with E-state index in [1.165, 1.54) is 30.4 Å². The van der Waals surface area contributed by atoms with E-state index in [1.807, 2.05) is 6.07 Å². The smallest absolute Gasteiger partial charge is 0.429 e. The molecule has 208 valence electrons. The molecule has 0 heterocycles. The van der Waals surface area contributed by atoms with Crippen LogP contribution < -0.4 is 4.74 Å². The van der Waals surface area contributed by atoms with Gasteiger partial charge in [-0.3, -0.25) is 0 Å². The van der Waals surface area contributed by atoms with Gasteiger partial charge in [0.15, 0.2) is 17.5 Å². The van der Waals surface area contributed by atoms with E-state index >= 15 is 0 Å². The highest BCUT2D eigenvalue weighted by Gasteiger charge is 2.41. The molecule has 1 unspecified atom stereocenters. The maximum atomic E-state index is 14.8. The van der Waals surface area contributed by atoms with Crippen LogP contribution in [0.2, 0.25) is 0 Å². The van der Waals surface area contributed by atoms with Crippen LogP contribution in [0.1, 0.15) is 42.9 Å². The largest absolute Gasteiger partial charge is 0.432 e. The molecule has 0 amide bonds.